The van der Waals surface area contributed by atoms with Crippen LogP contribution in [0.5, 0.6) is 0 Å². The zero-order valence-corrected chi connectivity index (χ0v) is 20.5. The van der Waals surface area contributed by atoms with Crippen molar-refractivity contribution in [1.82, 2.24) is 16.0 Å². The van der Waals surface area contributed by atoms with Crippen LogP contribution >= 0.6 is 0 Å². The van der Waals surface area contributed by atoms with Crippen LogP contribution in [0.1, 0.15) is 66.2 Å². The van der Waals surface area contributed by atoms with E-state index in [-0.39, 0.29) is 5.92 Å². The number of nitrogens with two attached hydrogens (primary N) is 2. The molecule has 0 bridgehead atoms. The Hall–Kier alpha value is -2.73. The topological polar surface area (TPSA) is 214 Å². The van der Waals surface area contributed by atoms with E-state index in [1.165, 1.54) is 0 Å². The minimum atomic E-state index is -1.46. The lowest BCUT2D eigenvalue weighted by Crippen LogP contribution is -2.59. The lowest BCUT2D eigenvalue weighted by Gasteiger charge is -2.29. The lowest BCUT2D eigenvalue weighted by molar-refractivity contribution is -0.144. The third-order valence-electron chi connectivity index (χ3n) is 5.89. The molecule has 0 aromatic rings. The molecule has 6 atom stereocenters. The molecule has 0 saturated carbocycles. The first-order valence-electron chi connectivity index (χ1n) is 11.7. The number of hydrogen-bond donors (Lipinski definition) is 7. The largest absolute Gasteiger partial charge is 0.481 e. The van der Waals surface area contributed by atoms with Crippen LogP contribution < -0.4 is 27.4 Å². The Kier molecular flexibility index (Phi) is 14.7. The van der Waals surface area contributed by atoms with Crippen molar-refractivity contribution in [2.75, 3.05) is 6.54 Å². The van der Waals surface area contributed by atoms with Gasteiger partial charge in [-0.15, -0.1) is 0 Å². The fraction of sp³-hybridized carbons (Fsp3) is 0.773. The van der Waals surface area contributed by atoms with Gasteiger partial charge in [0, 0.05) is 0 Å². The summed E-state index contributed by atoms with van der Waals surface area (Å²) >= 11 is 0. The second-order valence-corrected chi connectivity index (χ2v) is 8.63. The van der Waals surface area contributed by atoms with Crippen LogP contribution in [0.2, 0.25) is 0 Å². The quantitative estimate of drug-likeness (QED) is 0.132. The van der Waals surface area contributed by atoms with Crippen molar-refractivity contribution < 1.29 is 34.2 Å². The van der Waals surface area contributed by atoms with Crippen molar-refractivity contribution in [1.29, 1.82) is 0 Å². The number of nitrogens with one attached hydrogen (secondary N) is 3. The van der Waals surface area contributed by atoms with Crippen molar-refractivity contribution in [3.63, 3.8) is 0 Å². The van der Waals surface area contributed by atoms with Crippen molar-refractivity contribution in [3.8, 4) is 0 Å². The van der Waals surface area contributed by atoms with Crippen LogP contribution in [0.25, 0.3) is 0 Å². The van der Waals surface area contributed by atoms with Gasteiger partial charge in [0.15, 0.2) is 0 Å². The highest BCUT2D eigenvalue weighted by Gasteiger charge is 2.34. The van der Waals surface area contributed by atoms with E-state index in [4.69, 9.17) is 11.5 Å². The van der Waals surface area contributed by atoms with Crippen LogP contribution in [0.15, 0.2) is 0 Å². The van der Waals surface area contributed by atoms with E-state index in [0.29, 0.717) is 38.6 Å². The summed E-state index contributed by atoms with van der Waals surface area (Å²) in [6.45, 7) is 7.40. The number of carbonyl (C=O) groups is 5. The van der Waals surface area contributed by atoms with Crippen LogP contribution in [-0.4, -0.2) is 70.6 Å². The molecular formula is C22H41N5O7. The van der Waals surface area contributed by atoms with Gasteiger partial charge in [-0.2, -0.15) is 0 Å². The lowest BCUT2D eigenvalue weighted by atomic mass is 9.95. The van der Waals surface area contributed by atoms with Gasteiger partial charge >= 0.3 is 11.9 Å². The Bertz CT molecular complexity index is 703. The standard InChI is InChI=1S/C22H41N5O7/c1-5-12(3)17(21(32)27-18(22(33)34)13(4)6-2)26-20(31)15(11-16(28)29)25-19(30)14(24)9-7-8-10-23/h12-15,17-18H,5-11,23-24H2,1-4H3,(H,25,30)(H,26,31)(H,27,32)(H,28,29)(H,33,34). The summed E-state index contributed by atoms with van der Waals surface area (Å²) in [7, 11) is 0. The third-order valence-corrected chi connectivity index (χ3v) is 5.89. The van der Waals surface area contributed by atoms with Crippen LogP contribution in [0.3, 0.4) is 0 Å². The van der Waals surface area contributed by atoms with Gasteiger partial charge in [0.1, 0.15) is 18.1 Å². The number of hydrogen-bond acceptors (Lipinski definition) is 7. The first-order chi connectivity index (χ1) is 15.9. The van der Waals surface area contributed by atoms with E-state index >= 15 is 0 Å². The van der Waals surface area contributed by atoms with Gasteiger partial charge in [-0.05, 0) is 31.2 Å². The number of carboxylic acids is 2. The first-order valence-corrected chi connectivity index (χ1v) is 11.7. The first kappa shape index (κ1) is 31.3. The molecule has 0 aromatic carbocycles. The number of aliphatic carboxylic acids is 2. The molecule has 12 nitrogen and oxygen atoms in total. The van der Waals surface area contributed by atoms with E-state index < -0.39 is 66.2 Å². The minimum absolute atomic E-state index is 0.314. The Morgan fingerprint density at radius 3 is 1.79 bits per heavy atom. The van der Waals surface area contributed by atoms with Gasteiger partial charge in [0.25, 0.3) is 0 Å². The van der Waals surface area contributed by atoms with Crippen molar-refractivity contribution in [2.45, 2.75) is 90.4 Å². The predicted molar refractivity (Wildman–Crippen MR) is 125 cm³/mol. The van der Waals surface area contributed by atoms with E-state index in [9.17, 15) is 34.2 Å². The fourth-order valence-corrected chi connectivity index (χ4v) is 3.18. The number of unbranched alkanes of at least 4 members (excludes halogenated alkanes) is 1. The summed E-state index contributed by atoms with van der Waals surface area (Å²) in [5, 5.41) is 26.0. The SMILES string of the molecule is CCC(C)C(NC(=O)C(NC(=O)C(CC(=O)O)NC(=O)C(N)CCCCN)C(C)CC)C(=O)O. The predicted octanol–water partition coefficient (Wildman–Crippen LogP) is -0.451. The normalized spacial score (nSPS) is 16.3. The molecule has 6 unspecified atom stereocenters. The fourth-order valence-electron chi connectivity index (χ4n) is 3.18. The van der Waals surface area contributed by atoms with Gasteiger partial charge in [-0.3, -0.25) is 19.2 Å². The van der Waals surface area contributed by atoms with Gasteiger partial charge in [0.05, 0.1) is 12.5 Å². The molecule has 0 aliphatic rings. The van der Waals surface area contributed by atoms with E-state index in [1.54, 1.807) is 27.7 Å². The Balaban J connectivity index is 5.54. The molecule has 0 saturated heterocycles. The number of rotatable bonds is 17. The summed E-state index contributed by atoms with van der Waals surface area (Å²) in [5.41, 5.74) is 11.2. The number of carbonyl (C=O) groups excluding carboxylic acids is 3. The maximum Gasteiger partial charge on any atom is 0.326 e. The molecule has 0 radical (unpaired) electrons. The molecule has 0 aromatic heterocycles. The molecular weight excluding hydrogens is 446 g/mol. The average molecular weight is 488 g/mol. The zero-order valence-electron chi connectivity index (χ0n) is 20.5. The zero-order chi connectivity index (χ0) is 26.4. The van der Waals surface area contributed by atoms with E-state index in [1.807, 2.05) is 0 Å². The number of amides is 3. The van der Waals surface area contributed by atoms with Crippen molar-refractivity contribution in [2.24, 2.45) is 23.3 Å². The highest BCUT2D eigenvalue weighted by molar-refractivity contribution is 5.95. The molecule has 0 fully saturated rings. The molecule has 196 valence electrons. The van der Waals surface area contributed by atoms with E-state index in [2.05, 4.69) is 16.0 Å². The molecule has 0 rings (SSSR count). The van der Waals surface area contributed by atoms with Crippen LogP contribution in [0.4, 0.5) is 0 Å². The van der Waals surface area contributed by atoms with Gasteiger partial charge in [0.2, 0.25) is 17.7 Å². The molecule has 0 spiro atoms. The van der Waals surface area contributed by atoms with Gasteiger partial charge < -0.3 is 37.6 Å². The maximum absolute atomic E-state index is 12.9. The third kappa shape index (κ3) is 10.9. The molecule has 0 aliphatic heterocycles. The smallest absolute Gasteiger partial charge is 0.326 e. The van der Waals surface area contributed by atoms with E-state index in [0.717, 1.165) is 0 Å². The summed E-state index contributed by atoms with van der Waals surface area (Å²) in [5.74, 6) is -5.54. The maximum atomic E-state index is 12.9. The highest BCUT2D eigenvalue weighted by atomic mass is 16.4. The Morgan fingerprint density at radius 1 is 0.794 bits per heavy atom. The number of carboxylic acid groups (broad SMARTS) is 2. The minimum Gasteiger partial charge on any atom is -0.481 e. The molecule has 0 heterocycles. The monoisotopic (exact) mass is 487 g/mol. The average Bonchev–Trinajstić information content (AvgIpc) is 2.78. The van der Waals surface area contributed by atoms with Crippen LogP contribution in [0, 0.1) is 11.8 Å². The van der Waals surface area contributed by atoms with Gasteiger partial charge in [-0.1, -0.05) is 47.0 Å². The second kappa shape index (κ2) is 16.0. The molecule has 12 heteroatoms. The Morgan fingerprint density at radius 2 is 1.32 bits per heavy atom. The van der Waals surface area contributed by atoms with Crippen molar-refractivity contribution >= 4 is 29.7 Å². The van der Waals surface area contributed by atoms with Gasteiger partial charge in [-0.25, -0.2) is 4.79 Å². The molecule has 9 N–H and O–H groups in total. The second-order valence-electron chi connectivity index (χ2n) is 8.63. The van der Waals surface area contributed by atoms with Crippen LogP contribution in [-0.2, 0) is 24.0 Å². The summed E-state index contributed by atoms with van der Waals surface area (Å²) in [6, 6.07) is -4.69. The molecule has 3 amide bonds. The molecule has 0 aliphatic carbocycles. The van der Waals surface area contributed by atoms with Crippen molar-refractivity contribution in [3.05, 3.63) is 0 Å². The Labute approximate surface area is 200 Å². The summed E-state index contributed by atoms with van der Waals surface area (Å²) < 4.78 is 0. The molecule has 34 heavy (non-hydrogen) atoms. The highest BCUT2D eigenvalue weighted by Crippen LogP contribution is 2.13. The summed E-state index contributed by atoms with van der Waals surface area (Å²) in [4.78, 5) is 61.1. The summed E-state index contributed by atoms with van der Waals surface area (Å²) in [6.07, 6.45) is 1.84.